The van der Waals surface area contributed by atoms with Crippen LogP contribution >= 0.6 is 0 Å². The zero-order chi connectivity index (χ0) is 12.5. The maximum Gasteiger partial charge on any atom is 0.230 e. The Morgan fingerprint density at radius 1 is 0.944 bits per heavy atom. The minimum absolute atomic E-state index is 0.0167. The number of rotatable bonds is 1. The van der Waals surface area contributed by atoms with Crippen LogP contribution in [0.1, 0.15) is 10.4 Å². The first-order valence-corrected chi connectivity index (χ1v) is 5.78. The first-order valence-electron chi connectivity index (χ1n) is 5.78. The summed E-state index contributed by atoms with van der Waals surface area (Å²) in [6.45, 7) is 0. The third-order valence-electron chi connectivity index (χ3n) is 3.02. The van der Waals surface area contributed by atoms with Crippen LogP contribution in [0.4, 0.5) is 11.4 Å². The Balaban J connectivity index is 2.07. The van der Waals surface area contributed by atoms with Crippen molar-refractivity contribution in [1.29, 1.82) is 0 Å². The van der Waals surface area contributed by atoms with E-state index in [4.69, 9.17) is 0 Å². The van der Waals surface area contributed by atoms with E-state index >= 15 is 0 Å². The van der Waals surface area contributed by atoms with Crippen LogP contribution in [0.25, 0.3) is 0 Å². The average molecular weight is 236 g/mol. The molecule has 3 rings (SSSR count). The van der Waals surface area contributed by atoms with Crippen LogP contribution in [-0.2, 0) is 0 Å². The molecule has 2 aromatic carbocycles. The zero-order valence-electron chi connectivity index (χ0n) is 10.00. The summed E-state index contributed by atoms with van der Waals surface area (Å²) >= 11 is 0. The van der Waals surface area contributed by atoms with E-state index in [1.54, 1.807) is 0 Å². The number of carbonyl (C=O) groups is 1. The van der Waals surface area contributed by atoms with Gasteiger partial charge in [-0.1, -0.05) is 30.3 Å². The van der Waals surface area contributed by atoms with Crippen molar-refractivity contribution in [2.75, 3.05) is 11.9 Å². The molecule has 1 aliphatic rings. The third-order valence-corrected chi connectivity index (χ3v) is 3.02. The molecule has 0 aliphatic carbocycles. The lowest BCUT2D eigenvalue weighted by Crippen LogP contribution is -2.25. The number of Topliss-reactive ketones (excluding diaryl/α,β-unsaturated/α-hetero) is 1. The summed E-state index contributed by atoms with van der Waals surface area (Å²) in [6.07, 6.45) is 0. The number of fused-ring (bicyclic) bond motifs is 1. The molecule has 0 aromatic heterocycles. The fourth-order valence-corrected chi connectivity index (χ4v) is 2.10. The molecule has 0 saturated heterocycles. The number of nitrogens with zero attached hydrogens (tertiary/aromatic N) is 2. The van der Waals surface area contributed by atoms with E-state index < -0.39 is 0 Å². The number of aliphatic imine (C=N–C) groups is 1. The maximum absolute atomic E-state index is 12.2. The summed E-state index contributed by atoms with van der Waals surface area (Å²) in [5.41, 5.74) is 2.42. The number of hydrogen-bond donors (Lipinski definition) is 0. The summed E-state index contributed by atoms with van der Waals surface area (Å²) in [7, 11) is 1.87. The van der Waals surface area contributed by atoms with Gasteiger partial charge in [0.15, 0.2) is 5.84 Å². The van der Waals surface area contributed by atoms with Crippen molar-refractivity contribution >= 4 is 23.0 Å². The van der Waals surface area contributed by atoms with Crippen LogP contribution < -0.4 is 4.90 Å². The first kappa shape index (κ1) is 10.7. The lowest BCUT2D eigenvalue weighted by Gasteiger charge is -2.11. The Labute approximate surface area is 105 Å². The predicted octanol–water partition coefficient (Wildman–Crippen LogP) is 3.05. The molecule has 0 fully saturated rings. The van der Waals surface area contributed by atoms with E-state index in [-0.39, 0.29) is 5.78 Å². The van der Waals surface area contributed by atoms with E-state index in [0.717, 1.165) is 16.9 Å². The van der Waals surface area contributed by atoms with Crippen molar-refractivity contribution in [3.63, 3.8) is 0 Å². The van der Waals surface area contributed by atoms with Crippen LogP contribution in [0.2, 0.25) is 0 Å². The van der Waals surface area contributed by atoms with Gasteiger partial charge in [0.2, 0.25) is 5.78 Å². The fraction of sp³-hybridized carbons (Fsp3) is 0.0667. The Kier molecular flexibility index (Phi) is 2.45. The Morgan fingerprint density at radius 2 is 1.61 bits per heavy atom. The summed E-state index contributed by atoms with van der Waals surface area (Å²) < 4.78 is 0. The monoisotopic (exact) mass is 236 g/mol. The van der Waals surface area contributed by atoms with Gasteiger partial charge in [-0.3, -0.25) is 4.79 Å². The molecule has 2 aromatic rings. The van der Waals surface area contributed by atoms with E-state index in [2.05, 4.69) is 4.99 Å². The van der Waals surface area contributed by atoms with Gasteiger partial charge in [0.25, 0.3) is 0 Å². The summed E-state index contributed by atoms with van der Waals surface area (Å²) in [5, 5.41) is 0. The Morgan fingerprint density at radius 3 is 2.33 bits per heavy atom. The second kappa shape index (κ2) is 4.11. The number of likely N-dealkylation sites (N-methyl/N-ethyl adjacent to an activating group) is 1. The maximum atomic E-state index is 12.2. The molecule has 0 unspecified atom stereocenters. The molecule has 0 atom stereocenters. The van der Waals surface area contributed by atoms with Crippen LogP contribution in [0, 0.1) is 0 Å². The van der Waals surface area contributed by atoms with Gasteiger partial charge in [-0.15, -0.1) is 0 Å². The lowest BCUT2D eigenvalue weighted by molar-refractivity contribution is 0.106. The molecule has 18 heavy (non-hydrogen) atoms. The first-order chi connectivity index (χ1) is 8.77. The molecule has 0 N–H and O–H groups in total. The molecule has 1 heterocycles. The quantitative estimate of drug-likeness (QED) is 0.762. The molecule has 0 amide bonds. The van der Waals surface area contributed by atoms with E-state index in [9.17, 15) is 4.79 Å². The van der Waals surface area contributed by atoms with Crippen molar-refractivity contribution in [1.82, 2.24) is 0 Å². The standard InChI is InChI=1S/C15H12N2O/c1-17-13-10-6-5-9-12(13)14(18)15(17)16-11-7-3-2-4-8-11/h2-10H,1H3. The number of amidine groups is 1. The Bertz CT molecular complexity index is 632. The average Bonchev–Trinajstić information content (AvgIpc) is 2.66. The van der Waals surface area contributed by atoms with Gasteiger partial charge in [0.05, 0.1) is 11.4 Å². The van der Waals surface area contributed by atoms with Crippen LogP contribution in [0.3, 0.4) is 0 Å². The number of carbonyl (C=O) groups excluding carboxylic acids is 1. The van der Waals surface area contributed by atoms with Gasteiger partial charge in [-0.05, 0) is 24.3 Å². The minimum Gasteiger partial charge on any atom is -0.325 e. The molecular weight excluding hydrogens is 224 g/mol. The molecule has 1 aliphatic heterocycles. The SMILES string of the molecule is CN1C(=Nc2ccccc2)C(=O)c2ccccc21. The normalized spacial score (nSPS) is 16.2. The smallest absolute Gasteiger partial charge is 0.230 e. The highest BCUT2D eigenvalue weighted by Crippen LogP contribution is 2.28. The molecule has 0 bridgehead atoms. The van der Waals surface area contributed by atoms with Crippen molar-refractivity contribution < 1.29 is 4.79 Å². The van der Waals surface area contributed by atoms with Gasteiger partial charge in [-0.25, -0.2) is 4.99 Å². The van der Waals surface area contributed by atoms with Crippen LogP contribution in [-0.4, -0.2) is 18.7 Å². The molecule has 3 heteroatoms. The number of anilines is 1. The predicted molar refractivity (Wildman–Crippen MR) is 72.7 cm³/mol. The number of hydrogen-bond acceptors (Lipinski definition) is 2. The second-order valence-electron chi connectivity index (χ2n) is 4.18. The van der Waals surface area contributed by atoms with E-state index in [0.29, 0.717) is 5.84 Å². The van der Waals surface area contributed by atoms with Gasteiger partial charge >= 0.3 is 0 Å². The molecule has 0 radical (unpaired) electrons. The zero-order valence-corrected chi connectivity index (χ0v) is 10.00. The van der Waals surface area contributed by atoms with Crippen molar-refractivity contribution in [2.24, 2.45) is 4.99 Å². The fourth-order valence-electron chi connectivity index (χ4n) is 2.10. The van der Waals surface area contributed by atoms with Gasteiger partial charge < -0.3 is 4.90 Å². The van der Waals surface area contributed by atoms with Crippen LogP contribution in [0.15, 0.2) is 59.6 Å². The summed E-state index contributed by atoms with van der Waals surface area (Å²) in [6, 6.07) is 17.1. The number of benzene rings is 2. The molecule has 3 nitrogen and oxygen atoms in total. The largest absolute Gasteiger partial charge is 0.325 e. The molecule has 88 valence electrons. The topological polar surface area (TPSA) is 32.7 Å². The Hall–Kier alpha value is -2.42. The summed E-state index contributed by atoms with van der Waals surface area (Å²) in [5.74, 6) is 0.458. The lowest BCUT2D eigenvalue weighted by atomic mass is 10.1. The third kappa shape index (κ3) is 1.61. The van der Waals surface area contributed by atoms with Crippen molar-refractivity contribution in [3.05, 3.63) is 60.2 Å². The van der Waals surface area contributed by atoms with Crippen molar-refractivity contribution in [3.8, 4) is 0 Å². The minimum atomic E-state index is -0.0167. The van der Waals surface area contributed by atoms with Crippen molar-refractivity contribution in [2.45, 2.75) is 0 Å². The highest BCUT2D eigenvalue weighted by atomic mass is 16.1. The van der Waals surface area contributed by atoms with Gasteiger partial charge in [0.1, 0.15) is 0 Å². The second-order valence-corrected chi connectivity index (χ2v) is 4.18. The highest BCUT2D eigenvalue weighted by molar-refractivity contribution is 6.54. The van der Waals surface area contributed by atoms with Crippen LogP contribution in [0.5, 0.6) is 0 Å². The number of para-hydroxylation sites is 2. The highest BCUT2D eigenvalue weighted by Gasteiger charge is 2.30. The van der Waals surface area contributed by atoms with E-state index in [1.807, 2.05) is 66.5 Å². The van der Waals surface area contributed by atoms with Gasteiger partial charge in [-0.2, -0.15) is 0 Å². The number of ketones is 1. The summed E-state index contributed by atoms with van der Waals surface area (Å²) in [4.78, 5) is 18.5. The van der Waals surface area contributed by atoms with Gasteiger partial charge in [0, 0.05) is 12.6 Å². The molecule has 0 saturated carbocycles. The molecular formula is C15H12N2O. The molecule has 0 spiro atoms. The van der Waals surface area contributed by atoms with E-state index in [1.165, 1.54) is 0 Å².